The number of carbonyl (C=O) groups is 1. The van der Waals surface area contributed by atoms with Crippen molar-refractivity contribution in [3.63, 3.8) is 0 Å². The predicted molar refractivity (Wildman–Crippen MR) is 72.1 cm³/mol. The Morgan fingerprint density at radius 3 is 2.94 bits per heavy atom. The van der Waals surface area contributed by atoms with Gasteiger partial charge < -0.3 is 5.11 Å². The van der Waals surface area contributed by atoms with Crippen LogP contribution in [0.3, 0.4) is 0 Å². The molecule has 1 aliphatic heterocycles. The first-order valence-corrected chi connectivity index (χ1v) is 6.72. The molecule has 1 aromatic carbocycles. The lowest BCUT2D eigenvalue weighted by Gasteiger charge is -2.23. The average Bonchev–Trinajstić information content (AvgIpc) is 2.72. The van der Waals surface area contributed by atoms with E-state index in [1.54, 1.807) is 6.07 Å². The van der Waals surface area contributed by atoms with Crippen LogP contribution in [-0.4, -0.2) is 28.6 Å². The van der Waals surface area contributed by atoms with Crippen LogP contribution < -0.4 is 0 Å². The molecule has 1 unspecified atom stereocenters. The number of carboxylic acids is 1. The van der Waals surface area contributed by atoms with Gasteiger partial charge in [-0.25, -0.2) is 0 Å². The highest BCUT2D eigenvalue weighted by atomic mass is 35.5. The van der Waals surface area contributed by atoms with E-state index in [4.69, 9.17) is 28.3 Å². The maximum atomic E-state index is 10.8. The topological polar surface area (TPSA) is 40.5 Å². The number of halogens is 2. The Balaban J connectivity index is 2.08. The summed E-state index contributed by atoms with van der Waals surface area (Å²) < 4.78 is 0. The van der Waals surface area contributed by atoms with E-state index in [9.17, 15) is 4.79 Å². The van der Waals surface area contributed by atoms with E-state index < -0.39 is 5.97 Å². The molecular formula is C13H15Cl2NO2. The van der Waals surface area contributed by atoms with Gasteiger partial charge in [0.05, 0.1) is 16.5 Å². The van der Waals surface area contributed by atoms with E-state index in [1.807, 2.05) is 12.1 Å². The fourth-order valence-electron chi connectivity index (χ4n) is 2.43. The van der Waals surface area contributed by atoms with Crippen molar-refractivity contribution in [3.8, 4) is 0 Å². The van der Waals surface area contributed by atoms with E-state index in [-0.39, 0.29) is 12.5 Å². The smallest absolute Gasteiger partial charge is 0.304 e. The minimum atomic E-state index is -0.746. The quantitative estimate of drug-likeness (QED) is 0.922. The van der Waals surface area contributed by atoms with Crippen molar-refractivity contribution < 1.29 is 9.90 Å². The monoisotopic (exact) mass is 287 g/mol. The molecule has 0 radical (unpaired) electrons. The fourth-order valence-corrected chi connectivity index (χ4v) is 2.81. The molecule has 5 heteroatoms. The molecule has 0 saturated carbocycles. The van der Waals surface area contributed by atoms with E-state index in [2.05, 4.69) is 4.90 Å². The van der Waals surface area contributed by atoms with Gasteiger partial charge in [0.1, 0.15) is 0 Å². The summed E-state index contributed by atoms with van der Waals surface area (Å²) in [6, 6.07) is 5.67. The normalized spacial score (nSPS) is 20.2. The molecule has 1 aromatic rings. The minimum Gasteiger partial charge on any atom is -0.481 e. The molecule has 1 aliphatic rings. The molecule has 0 amide bonds. The second-order valence-electron chi connectivity index (χ2n) is 4.58. The largest absolute Gasteiger partial charge is 0.481 e. The molecule has 18 heavy (non-hydrogen) atoms. The van der Waals surface area contributed by atoms with Crippen molar-refractivity contribution in [2.75, 3.05) is 6.54 Å². The number of nitrogens with zero attached hydrogens (tertiary/aromatic N) is 1. The van der Waals surface area contributed by atoms with Crippen LogP contribution in [0.2, 0.25) is 10.0 Å². The first kappa shape index (κ1) is 13.7. The average molecular weight is 288 g/mol. The van der Waals surface area contributed by atoms with Crippen LogP contribution in [0.15, 0.2) is 18.2 Å². The van der Waals surface area contributed by atoms with Crippen LogP contribution in [0.4, 0.5) is 0 Å². The Labute approximate surface area is 116 Å². The Kier molecular flexibility index (Phi) is 4.49. The summed E-state index contributed by atoms with van der Waals surface area (Å²) in [7, 11) is 0. The van der Waals surface area contributed by atoms with Gasteiger partial charge in [0, 0.05) is 12.6 Å². The van der Waals surface area contributed by atoms with Gasteiger partial charge in [0.25, 0.3) is 0 Å². The molecule has 2 rings (SSSR count). The van der Waals surface area contributed by atoms with E-state index in [1.165, 1.54) is 0 Å². The second kappa shape index (κ2) is 5.91. The molecule has 0 aliphatic carbocycles. The summed E-state index contributed by atoms with van der Waals surface area (Å²) in [4.78, 5) is 13.0. The lowest BCUT2D eigenvalue weighted by Crippen LogP contribution is -2.30. The number of rotatable bonds is 4. The van der Waals surface area contributed by atoms with Crippen LogP contribution in [-0.2, 0) is 11.3 Å². The van der Waals surface area contributed by atoms with Gasteiger partial charge in [-0.15, -0.1) is 0 Å². The SMILES string of the molecule is O=C(O)CC1CCCN1Cc1cccc(Cl)c1Cl. The van der Waals surface area contributed by atoms with E-state index >= 15 is 0 Å². The van der Waals surface area contributed by atoms with Crippen molar-refractivity contribution in [2.45, 2.75) is 31.8 Å². The molecule has 0 bridgehead atoms. The number of aliphatic carboxylic acids is 1. The minimum absolute atomic E-state index is 0.109. The lowest BCUT2D eigenvalue weighted by atomic mass is 10.1. The van der Waals surface area contributed by atoms with Gasteiger partial charge in [0.15, 0.2) is 0 Å². The lowest BCUT2D eigenvalue weighted by molar-refractivity contribution is -0.138. The Morgan fingerprint density at radius 2 is 2.22 bits per heavy atom. The summed E-state index contributed by atoms with van der Waals surface area (Å²) in [5.74, 6) is -0.746. The summed E-state index contributed by atoms with van der Waals surface area (Å²) in [6.45, 7) is 1.58. The van der Waals surface area contributed by atoms with Crippen LogP contribution in [0, 0.1) is 0 Å². The summed E-state index contributed by atoms with van der Waals surface area (Å²) in [6.07, 6.45) is 2.17. The number of likely N-dealkylation sites (tertiary alicyclic amines) is 1. The zero-order valence-corrected chi connectivity index (χ0v) is 11.4. The fraction of sp³-hybridized carbons (Fsp3) is 0.462. The van der Waals surface area contributed by atoms with Gasteiger partial charge in [0.2, 0.25) is 0 Å². The number of benzene rings is 1. The first-order chi connectivity index (χ1) is 8.58. The predicted octanol–water partition coefficient (Wildman–Crippen LogP) is 3.43. The van der Waals surface area contributed by atoms with Crippen molar-refractivity contribution in [1.82, 2.24) is 4.90 Å². The maximum Gasteiger partial charge on any atom is 0.304 e. The highest BCUT2D eigenvalue weighted by Gasteiger charge is 2.27. The van der Waals surface area contributed by atoms with Gasteiger partial charge in [-0.2, -0.15) is 0 Å². The number of carboxylic acid groups (broad SMARTS) is 1. The maximum absolute atomic E-state index is 10.8. The third-order valence-electron chi connectivity index (χ3n) is 3.31. The molecule has 1 N–H and O–H groups in total. The molecule has 3 nitrogen and oxygen atoms in total. The van der Waals surface area contributed by atoms with Crippen LogP contribution in [0.5, 0.6) is 0 Å². The Morgan fingerprint density at radius 1 is 1.44 bits per heavy atom. The molecular weight excluding hydrogens is 273 g/mol. The zero-order chi connectivity index (χ0) is 13.1. The van der Waals surface area contributed by atoms with Gasteiger partial charge in [-0.05, 0) is 31.0 Å². The van der Waals surface area contributed by atoms with Gasteiger partial charge >= 0.3 is 5.97 Å². The Hall–Kier alpha value is -0.770. The summed E-state index contributed by atoms with van der Waals surface area (Å²) in [5, 5.41) is 10.00. The molecule has 1 atom stereocenters. The van der Waals surface area contributed by atoms with Crippen molar-refractivity contribution in [1.29, 1.82) is 0 Å². The molecule has 1 fully saturated rings. The van der Waals surface area contributed by atoms with E-state index in [0.717, 1.165) is 24.9 Å². The molecule has 1 heterocycles. The van der Waals surface area contributed by atoms with Gasteiger partial charge in [-0.1, -0.05) is 35.3 Å². The summed E-state index contributed by atoms with van der Waals surface area (Å²) in [5.41, 5.74) is 0.960. The van der Waals surface area contributed by atoms with Gasteiger partial charge in [-0.3, -0.25) is 9.69 Å². The van der Waals surface area contributed by atoms with Crippen molar-refractivity contribution in [3.05, 3.63) is 33.8 Å². The van der Waals surface area contributed by atoms with Crippen molar-refractivity contribution in [2.24, 2.45) is 0 Å². The second-order valence-corrected chi connectivity index (χ2v) is 5.36. The van der Waals surface area contributed by atoms with Crippen LogP contribution in [0.25, 0.3) is 0 Å². The molecule has 0 aromatic heterocycles. The van der Waals surface area contributed by atoms with E-state index in [0.29, 0.717) is 16.6 Å². The van der Waals surface area contributed by atoms with Crippen molar-refractivity contribution >= 4 is 29.2 Å². The third kappa shape index (κ3) is 3.16. The van der Waals surface area contributed by atoms with Crippen LogP contribution >= 0.6 is 23.2 Å². The number of hydrogen-bond acceptors (Lipinski definition) is 2. The molecule has 98 valence electrons. The zero-order valence-electron chi connectivity index (χ0n) is 9.90. The highest BCUT2D eigenvalue weighted by molar-refractivity contribution is 6.42. The molecule has 1 saturated heterocycles. The standard InChI is InChI=1S/C13H15Cl2NO2/c14-11-5-1-3-9(13(11)15)8-16-6-2-4-10(16)7-12(17)18/h1,3,5,10H,2,4,6-8H2,(H,17,18). The highest BCUT2D eigenvalue weighted by Crippen LogP contribution is 2.29. The Bertz CT molecular complexity index is 451. The molecule has 0 spiro atoms. The first-order valence-electron chi connectivity index (χ1n) is 5.96. The number of hydrogen-bond donors (Lipinski definition) is 1. The third-order valence-corrected chi connectivity index (χ3v) is 4.17. The van der Waals surface area contributed by atoms with Crippen LogP contribution in [0.1, 0.15) is 24.8 Å². The summed E-state index contributed by atoms with van der Waals surface area (Å²) >= 11 is 12.1.